The Morgan fingerprint density at radius 1 is 1.00 bits per heavy atom. The molecule has 1 unspecified atom stereocenters. The fraction of sp³-hybridized carbons (Fsp3) is 0.625. The zero-order valence-corrected chi connectivity index (χ0v) is 17.0. The second-order valence-corrected chi connectivity index (χ2v) is 7.89. The molecule has 2 rings (SSSR count). The SMILES string of the molecule is CCCCCCCCCC/C=C/c1c(C)cc(C)c2[n+]1CC(C)C=C2. The topological polar surface area (TPSA) is 3.88 Å². The standard InChI is InChI=1S/C24H38N/c1-5-6-7-8-9-10-11-12-13-14-15-23-21(3)18-22(4)24-17-16-20(2)19-25(23)24/h14-18,20H,5-13,19H2,1-4H3/q+1/b15-14+. The molecular weight excluding hydrogens is 302 g/mol. The van der Waals surface area contributed by atoms with Crippen LogP contribution in [0.25, 0.3) is 12.2 Å². The number of unbranched alkanes of at least 4 members (excludes halogenated alkanes) is 8. The Kier molecular flexibility index (Phi) is 8.44. The number of rotatable bonds is 10. The van der Waals surface area contributed by atoms with E-state index < -0.39 is 0 Å². The summed E-state index contributed by atoms with van der Waals surface area (Å²) >= 11 is 0. The van der Waals surface area contributed by atoms with Crippen LogP contribution in [0, 0.1) is 19.8 Å². The first kappa shape index (κ1) is 19.9. The third-order valence-electron chi connectivity index (χ3n) is 5.38. The minimum atomic E-state index is 0.624. The molecule has 0 aromatic carbocycles. The van der Waals surface area contributed by atoms with Crippen molar-refractivity contribution in [2.75, 3.05) is 0 Å². The first-order chi connectivity index (χ1) is 12.1. The molecule has 1 aromatic rings. The summed E-state index contributed by atoms with van der Waals surface area (Å²) in [5, 5.41) is 0. The molecule has 2 heterocycles. The van der Waals surface area contributed by atoms with Gasteiger partial charge in [-0.3, -0.25) is 0 Å². The van der Waals surface area contributed by atoms with Crippen LogP contribution < -0.4 is 4.57 Å². The quantitative estimate of drug-likeness (QED) is 0.326. The van der Waals surface area contributed by atoms with Crippen LogP contribution in [0.1, 0.15) is 94.1 Å². The van der Waals surface area contributed by atoms with Gasteiger partial charge in [-0.1, -0.05) is 70.9 Å². The van der Waals surface area contributed by atoms with E-state index in [-0.39, 0.29) is 0 Å². The zero-order chi connectivity index (χ0) is 18.1. The predicted octanol–water partition coefficient (Wildman–Crippen LogP) is 6.80. The molecule has 1 nitrogen and oxygen atoms in total. The van der Waals surface area contributed by atoms with Gasteiger partial charge in [0.2, 0.25) is 11.4 Å². The largest absolute Gasteiger partial charge is 0.208 e. The van der Waals surface area contributed by atoms with Gasteiger partial charge in [-0.05, 0) is 32.8 Å². The van der Waals surface area contributed by atoms with Crippen molar-refractivity contribution in [2.45, 2.75) is 92.0 Å². The maximum atomic E-state index is 2.51. The van der Waals surface area contributed by atoms with Crippen molar-refractivity contribution in [3.63, 3.8) is 0 Å². The lowest BCUT2D eigenvalue weighted by Gasteiger charge is -2.15. The Bertz CT molecular complexity index is 595. The molecule has 1 aliphatic heterocycles. The lowest BCUT2D eigenvalue weighted by atomic mass is 10.0. The van der Waals surface area contributed by atoms with Gasteiger partial charge in [0.15, 0.2) is 6.54 Å². The number of allylic oxidation sites excluding steroid dienone is 2. The van der Waals surface area contributed by atoms with Gasteiger partial charge in [-0.25, -0.2) is 0 Å². The number of aryl methyl sites for hydroxylation is 2. The Morgan fingerprint density at radius 2 is 1.68 bits per heavy atom. The number of hydrogen-bond acceptors (Lipinski definition) is 0. The average molecular weight is 341 g/mol. The van der Waals surface area contributed by atoms with Gasteiger partial charge in [-0.15, -0.1) is 0 Å². The van der Waals surface area contributed by atoms with Crippen LogP contribution in [0.15, 0.2) is 18.2 Å². The second kappa shape index (κ2) is 10.6. The molecule has 1 aliphatic rings. The van der Waals surface area contributed by atoms with E-state index in [1.165, 1.54) is 80.3 Å². The van der Waals surface area contributed by atoms with Gasteiger partial charge in [0.25, 0.3) is 0 Å². The maximum Gasteiger partial charge on any atom is 0.208 e. The molecule has 0 amide bonds. The Morgan fingerprint density at radius 3 is 2.40 bits per heavy atom. The molecule has 0 bridgehead atoms. The van der Waals surface area contributed by atoms with Crippen molar-refractivity contribution < 1.29 is 4.57 Å². The number of fused-ring (bicyclic) bond motifs is 1. The highest BCUT2D eigenvalue weighted by atomic mass is 15.0. The fourth-order valence-corrected chi connectivity index (χ4v) is 3.86. The van der Waals surface area contributed by atoms with E-state index >= 15 is 0 Å². The average Bonchev–Trinajstić information content (AvgIpc) is 2.58. The fourth-order valence-electron chi connectivity index (χ4n) is 3.86. The van der Waals surface area contributed by atoms with Gasteiger partial charge < -0.3 is 0 Å². The van der Waals surface area contributed by atoms with Crippen molar-refractivity contribution in [3.05, 3.63) is 40.7 Å². The van der Waals surface area contributed by atoms with E-state index in [1.807, 2.05) is 0 Å². The van der Waals surface area contributed by atoms with Crippen LogP contribution in [0.5, 0.6) is 0 Å². The van der Waals surface area contributed by atoms with Crippen LogP contribution in [-0.2, 0) is 6.54 Å². The molecule has 0 saturated carbocycles. The second-order valence-electron chi connectivity index (χ2n) is 7.89. The van der Waals surface area contributed by atoms with Crippen molar-refractivity contribution in [1.82, 2.24) is 0 Å². The van der Waals surface area contributed by atoms with E-state index in [0.717, 1.165) is 6.54 Å². The van der Waals surface area contributed by atoms with E-state index in [1.54, 1.807) is 0 Å². The summed E-state index contributed by atoms with van der Waals surface area (Å²) in [5.74, 6) is 0.624. The predicted molar refractivity (Wildman–Crippen MR) is 111 cm³/mol. The van der Waals surface area contributed by atoms with E-state index in [2.05, 4.69) is 62.6 Å². The van der Waals surface area contributed by atoms with Crippen molar-refractivity contribution in [3.8, 4) is 0 Å². The highest BCUT2D eigenvalue weighted by molar-refractivity contribution is 5.53. The molecule has 1 aromatic heterocycles. The molecule has 0 saturated heterocycles. The highest BCUT2D eigenvalue weighted by Crippen LogP contribution is 2.19. The van der Waals surface area contributed by atoms with Gasteiger partial charge in [0.05, 0.1) is 0 Å². The maximum absolute atomic E-state index is 2.51. The van der Waals surface area contributed by atoms with E-state index in [0.29, 0.717) is 5.92 Å². The Hall–Kier alpha value is -1.37. The molecule has 0 N–H and O–H groups in total. The number of aromatic nitrogens is 1. The third kappa shape index (κ3) is 6.13. The number of nitrogens with zero attached hydrogens (tertiary/aromatic N) is 1. The van der Waals surface area contributed by atoms with Crippen LogP contribution in [-0.4, -0.2) is 0 Å². The summed E-state index contributed by atoms with van der Waals surface area (Å²) in [7, 11) is 0. The van der Waals surface area contributed by atoms with E-state index in [9.17, 15) is 0 Å². The van der Waals surface area contributed by atoms with Gasteiger partial charge in [0.1, 0.15) is 0 Å². The first-order valence-electron chi connectivity index (χ1n) is 10.5. The number of pyridine rings is 1. The minimum Gasteiger partial charge on any atom is -0.191 e. The van der Waals surface area contributed by atoms with Gasteiger partial charge >= 0.3 is 0 Å². The summed E-state index contributed by atoms with van der Waals surface area (Å²) in [5.41, 5.74) is 5.57. The monoisotopic (exact) mass is 340 g/mol. The molecule has 0 aliphatic carbocycles. The molecule has 0 radical (unpaired) electrons. The molecule has 0 spiro atoms. The van der Waals surface area contributed by atoms with Crippen LogP contribution in [0.3, 0.4) is 0 Å². The van der Waals surface area contributed by atoms with Crippen LogP contribution in [0.4, 0.5) is 0 Å². The molecular formula is C24H38N+. The molecule has 1 heteroatoms. The zero-order valence-electron chi connectivity index (χ0n) is 17.0. The van der Waals surface area contributed by atoms with Crippen LogP contribution in [0.2, 0.25) is 0 Å². The first-order valence-corrected chi connectivity index (χ1v) is 10.5. The van der Waals surface area contributed by atoms with E-state index in [4.69, 9.17) is 0 Å². The normalized spacial score (nSPS) is 16.6. The lowest BCUT2D eigenvalue weighted by Crippen LogP contribution is -2.45. The molecule has 138 valence electrons. The van der Waals surface area contributed by atoms with Gasteiger partial charge in [-0.2, -0.15) is 4.57 Å². The highest BCUT2D eigenvalue weighted by Gasteiger charge is 2.23. The Balaban J connectivity index is 1.82. The molecule has 1 atom stereocenters. The lowest BCUT2D eigenvalue weighted by molar-refractivity contribution is -0.706. The van der Waals surface area contributed by atoms with Crippen molar-refractivity contribution >= 4 is 12.2 Å². The summed E-state index contributed by atoms with van der Waals surface area (Å²) in [6, 6.07) is 2.34. The summed E-state index contributed by atoms with van der Waals surface area (Å²) < 4.78 is 2.51. The number of hydrogen-bond donors (Lipinski definition) is 0. The summed E-state index contributed by atoms with van der Waals surface area (Å²) in [6.07, 6.45) is 21.8. The van der Waals surface area contributed by atoms with Crippen molar-refractivity contribution in [2.24, 2.45) is 5.92 Å². The van der Waals surface area contributed by atoms with Crippen LogP contribution >= 0.6 is 0 Å². The molecule has 0 fully saturated rings. The Labute approximate surface area is 155 Å². The summed E-state index contributed by atoms with van der Waals surface area (Å²) in [4.78, 5) is 0. The minimum absolute atomic E-state index is 0.624. The third-order valence-corrected chi connectivity index (χ3v) is 5.38. The van der Waals surface area contributed by atoms with Gasteiger partial charge in [0, 0.05) is 29.2 Å². The van der Waals surface area contributed by atoms with Crippen molar-refractivity contribution in [1.29, 1.82) is 0 Å². The smallest absolute Gasteiger partial charge is 0.191 e. The molecule has 25 heavy (non-hydrogen) atoms. The summed E-state index contributed by atoms with van der Waals surface area (Å²) in [6.45, 7) is 10.2.